The van der Waals surface area contributed by atoms with Crippen molar-refractivity contribution in [3.8, 4) is 28.2 Å². The molecule has 11 nitrogen and oxygen atoms in total. The maximum absolute atomic E-state index is 13.5. The minimum absolute atomic E-state index is 0.0948. The smallest absolute Gasteiger partial charge is 0.430 e. The van der Waals surface area contributed by atoms with Gasteiger partial charge in [0.1, 0.15) is 17.1 Å². The molecule has 2 aliphatic rings. The highest BCUT2D eigenvalue weighted by Gasteiger charge is 2.71. The number of hydrogen-bond donors (Lipinski definition) is 5. The van der Waals surface area contributed by atoms with Crippen molar-refractivity contribution in [3.05, 3.63) is 136 Å². The van der Waals surface area contributed by atoms with Gasteiger partial charge in [0.25, 0.3) is 11.5 Å². The highest BCUT2D eigenvalue weighted by atomic mass is 32.2. The van der Waals surface area contributed by atoms with Crippen molar-refractivity contribution in [1.29, 1.82) is 0 Å². The molecular formula is C47H43F6N3O8S. The second kappa shape index (κ2) is 20.0. The van der Waals surface area contributed by atoms with Gasteiger partial charge in [-0.15, -0.1) is 0 Å². The number of aromatic hydroxyl groups is 1. The summed E-state index contributed by atoms with van der Waals surface area (Å²) in [5.41, 5.74) is -5.15. The monoisotopic (exact) mass is 923 g/mol. The zero-order chi connectivity index (χ0) is 47.1. The first-order chi connectivity index (χ1) is 30.8. The van der Waals surface area contributed by atoms with E-state index in [-0.39, 0.29) is 71.2 Å². The molecule has 65 heavy (non-hydrogen) atoms. The Bertz CT molecular complexity index is 2730. The molecule has 0 saturated carbocycles. The van der Waals surface area contributed by atoms with Crippen molar-refractivity contribution < 1.29 is 60.5 Å². The minimum atomic E-state index is -6.02. The van der Waals surface area contributed by atoms with Gasteiger partial charge in [-0.3, -0.25) is 14.4 Å². The molecule has 0 aromatic heterocycles. The largest absolute Gasteiger partial charge is 0.508 e. The number of aliphatic hydroxyl groups is 1. The summed E-state index contributed by atoms with van der Waals surface area (Å²) in [5, 5.41) is 38.1. The molecule has 2 amide bonds. The van der Waals surface area contributed by atoms with Gasteiger partial charge in [-0.05, 0) is 97.8 Å². The molecule has 0 radical (unpaired) electrons. The number of carboxylic acids is 1. The lowest BCUT2D eigenvalue weighted by Gasteiger charge is -2.33. The number of benzene rings is 5. The first kappa shape index (κ1) is 47.8. The Kier molecular flexibility index (Phi) is 14.7. The van der Waals surface area contributed by atoms with Gasteiger partial charge < -0.3 is 34.7 Å². The van der Waals surface area contributed by atoms with Gasteiger partial charge in [0.15, 0.2) is 5.43 Å². The van der Waals surface area contributed by atoms with Crippen molar-refractivity contribution >= 4 is 50.5 Å². The molecule has 0 spiro atoms. The number of rotatable bonds is 17. The van der Waals surface area contributed by atoms with E-state index in [0.29, 0.717) is 60.0 Å². The van der Waals surface area contributed by atoms with Crippen LogP contribution in [0, 0.1) is 0 Å². The fraction of sp³-hybridized carbons (Fsp3) is 0.255. The van der Waals surface area contributed by atoms with Crippen LogP contribution in [0.2, 0.25) is 0 Å². The number of carboxylic acid groups (broad SMARTS) is 1. The van der Waals surface area contributed by atoms with Crippen LogP contribution in [-0.2, 0) is 10.4 Å². The van der Waals surface area contributed by atoms with E-state index in [4.69, 9.17) is 4.42 Å². The summed E-state index contributed by atoms with van der Waals surface area (Å²) < 4.78 is 88.9. The van der Waals surface area contributed by atoms with E-state index < -0.39 is 46.1 Å². The Balaban J connectivity index is 1.01. The van der Waals surface area contributed by atoms with E-state index in [1.54, 1.807) is 35.5 Å². The molecule has 342 valence electrons. The van der Waals surface area contributed by atoms with Crippen LogP contribution in [0.25, 0.3) is 33.4 Å². The molecule has 6 rings (SSSR count). The fourth-order valence-corrected chi connectivity index (χ4v) is 9.20. The molecular weight excluding hydrogens is 881 g/mol. The second-order valence-electron chi connectivity index (χ2n) is 14.9. The van der Waals surface area contributed by atoms with Crippen molar-refractivity contribution in [3.63, 3.8) is 0 Å². The molecule has 1 atom stereocenters. The number of hydrogen-bond acceptors (Lipinski definition) is 8. The van der Waals surface area contributed by atoms with Crippen molar-refractivity contribution in [2.75, 3.05) is 23.9 Å². The number of aromatic carboxylic acids is 1. The predicted octanol–water partition coefficient (Wildman–Crippen LogP) is 9.65. The lowest BCUT2D eigenvalue weighted by molar-refractivity contribution is -0.376. The summed E-state index contributed by atoms with van der Waals surface area (Å²) in [6.45, 7) is 2.49. The van der Waals surface area contributed by atoms with Crippen LogP contribution in [0.3, 0.4) is 0 Å². The van der Waals surface area contributed by atoms with Crippen LogP contribution in [0.1, 0.15) is 65.3 Å². The Labute approximate surface area is 370 Å². The maximum Gasteiger partial charge on any atom is 0.430 e. The normalized spacial score (nSPS) is 12.6. The number of alkyl halides is 6. The van der Waals surface area contributed by atoms with Crippen LogP contribution in [0.15, 0.2) is 123 Å². The average molecular weight is 924 g/mol. The van der Waals surface area contributed by atoms with Gasteiger partial charge in [0.05, 0.1) is 5.56 Å². The summed E-state index contributed by atoms with van der Waals surface area (Å²) >= 11 is 0. The number of anilines is 1. The van der Waals surface area contributed by atoms with E-state index in [0.717, 1.165) is 17.0 Å². The van der Waals surface area contributed by atoms with E-state index >= 15 is 0 Å². The molecule has 1 unspecified atom stereocenters. The number of carbonyl (C=O) groups excluding carboxylic acids is 2. The van der Waals surface area contributed by atoms with Crippen molar-refractivity contribution in [2.45, 2.75) is 61.9 Å². The summed E-state index contributed by atoms with van der Waals surface area (Å²) in [4.78, 5) is 51.3. The molecule has 0 fully saturated rings. The van der Waals surface area contributed by atoms with E-state index in [9.17, 15) is 60.8 Å². The average Bonchev–Trinajstić information content (AvgIpc) is 3.26. The SMILES string of the molecule is C/C=S(/c1ccccc1)N(CCCNC(=O)CCCCCNC(=O)c1ccc(-c2c3ccc(=O)cc-3oc3cc(O)ccc23)c(C(=O)O)c1)c1ccc(C(O)(C(F)(F)F)C(F)(F)F)cc1. The van der Waals surface area contributed by atoms with Crippen LogP contribution in [0.4, 0.5) is 32.0 Å². The summed E-state index contributed by atoms with van der Waals surface area (Å²) in [5.74, 6) is -1.97. The molecule has 1 aliphatic carbocycles. The number of halogens is 6. The van der Waals surface area contributed by atoms with Gasteiger partial charge in [-0.2, -0.15) is 26.3 Å². The summed E-state index contributed by atoms with van der Waals surface area (Å²) in [6, 6.07) is 25.2. The fourth-order valence-electron chi connectivity index (χ4n) is 7.31. The third-order valence-corrected chi connectivity index (χ3v) is 12.6. The number of nitrogens with one attached hydrogen (secondary N) is 2. The van der Waals surface area contributed by atoms with Gasteiger partial charge in [-0.25, -0.2) is 4.79 Å². The highest BCUT2D eigenvalue weighted by molar-refractivity contribution is 8.16. The van der Waals surface area contributed by atoms with Crippen LogP contribution in [-0.4, -0.2) is 70.5 Å². The standard InChI is InChI=1S/C47H43F6N3O8S/c1-2-65(34-10-5-3-6-11-34)56(31-16-14-30(15-17-31)45(63,46(48,49)50)47(51,52)53)25-9-24-54-41(59)12-7-4-8-23-55-43(60)29-13-20-35(38(26-29)44(61)62)42-36-21-18-32(57)27-39(36)64-40-28-33(58)19-22-37(40)42/h2-3,5-6,10-11,13-22,26-28,57,63H,4,7-9,12,23-25H2,1H3,(H,54,59)(H,55,60)(H,61,62). The molecule has 4 aromatic rings. The molecule has 5 N–H and O–H groups in total. The lowest BCUT2D eigenvalue weighted by Crippen LogP contribution is -2.53. The Morgan fingerprint density at radius 1 is 0.769 bits per heavy atom. The first-order valence-corrected chi connectivity index (χ1v) is 21.5. The third kappa shape index (κ3) is 10.7. The summed E-state index contributed by atoms with van der Waals surface area (Å²) in [7, 11) is -0.794. The molecule has 1 aliphatic heterocycles. The quantitative estimate of drug-likeness (QED) is 0.0259. The number of phenols is 1. The lowest BCUT2D eigenvalue weighted by atomic mass is 9.90. The predicted molar refractivity (Wildman–Crippen MR) is 235 cm³/mol. The number of unbranched alkanes of at least 4 members (excludes halogenated alkanes) is 2. The minimum Gasteiger partial charge on any atom is -0.508 e. The number of nitrogens with zero attached hydrogens (tertiary/aromatic N) is 1. The van der Waals surface area contributed by atoms with Gasteiger partial charge >= 0.3 is 18.3 Å². The Morgan fingerprint density at radius 2 is 1.45 bits per heavy atom. The maximum atomic E-state index is 13.5. The van der Waals surface area contributed by atoms with Crippen molar-refractivity contribution in [2.24, 2.45) is 0 Å². The Hall–Kier alpha value is -6.66. The number of phenolic OH excluding ortho intramolecular Hbond substituents is 1. The number of amides is 2. The van der Waals surface area contributed by atoms with Crippen LogP contribution < -0.4 is 20.4 Å². The first-order valence-electron chi connectivity index (χ1n) is 20.3. The van der Waals surface area contributed by atoms with E-state index in [1.165, 1.54) is 48.5 Å². The van der Waals surface area contributed by atoms with Crippen LogP contribution in [0.5, 0.6) is 5.75 Å². The second-order valence-corrected chi connectivity index (χ2v) is 16.9. The van der Waals surface area contributed by atoms with Gasteiger partial charge in [0.2, 0.25) is 5.91 Å². The van der Waals surface area contributed by atoms with Crippen molar-refractivity contribution in [1.82, 2.24) is 10.6 Å². The zero-order valence-corrected chi connectivity index (χ0v) is 35.4. The molecule has 18 heteroatoms. The molecule has 0 bridgehead atoms. The molecule has 1 heterocycles. The van der Waals surface area contributed by atoms with E-state index in [2.05, 4.69) is 10.6 Å². The molecule has 0 saturated heterocycles. The van der Waals surface area contributed by atoms with Crippen LogP contribution >= 0.6 is 10.7 Å². The third-order valence-electron chi connectivity index (χ3n) is 10.5. The van der Waals surface area contributed by atoms with Gasteiger partial charge in [0, 0.05) is 76.4 Å². The van der Waals surface area contributed by atoms with E-state index in [1.807, 2.05) is 17.5 Å². The zero-order valence-electron chi connectivity index (χ0n) is 34.6. The van der Waals surface area contributed by atoms with Gasteiger partial charge in [-0.1, -0.05) is 53.5 Å². The summed E-state index contributed by atoms with van der Waals surface area (Å²) in [6.07, 6.45) is -9.94. The highest BCUT2D eigenvalue weighted by Crippen LogP contribution is 2.50. The molecule has 4 aromatic carbocycles. The topological polar surface area (TPSA) is 169 Å². The number of carbonyl (C=O) groups is 3. The number of fused-ring (bicyclic) bond motifs is 2. The Morgan fingerprint density at radius 3 is 2.11 bits per heavy atom.